The Labute approximate surface area is 229 Å². The Hall–Kier alpha value is -4.78. The van der Waals surface area contributed by atoms with Crippen LogP contribution in [0.4, 0.5) is 8.78 Å². The minimum absolute atomic E-state index is 0.0615. The number of benzene rings is 1. The number of hydrogen-bond donors (Lipinski definition) is 2. The summed E-state index contributed by atoms with van der Waals surface area (Å²) in [5.41, 5.74) is 1.93. The van der Waals surface area contributed by atoms with Crippen molar-refractivity contribution in [1.82, 2.24) is 50.0 Å². The SMILES string of the molecule is O=C1C=C(c2c(-n3cnnn3)ccc(Cl)c2F)CC2CC[C@@H](c3ncc(-c4ccnc(-c5ncc[nH]5)c4F)[nH]3)N12. The summed E-state index contributed by atoms with van der Waals surface area (Å²) in [7, 11) is 0. The van der Waals surface area contributed by atoms with Crippen molar-refractivity contribution in [2.75, 3.05) is 0 Å². The zero-order valence-electron chi connectivity index (χ0n) is 20.6. The molecule has 14 heteroatoms. The van der Waals surface area contributed by atoms with E-state index in [2.05, 4.69) is 40.4 Å². The average molecular weight is 561 g/mol. The van der Waals surface area contributed by atoms with Crippen LogP contribution in [0.5, 0.6) is 0 Å². The predicted octanol–water partition coefficient (Wildman–Crippen LogP) is 4.29. The molecule has 40 heavy (non-hydrogen) atoms. The topological polar surface area (TPSA) is 134 Å². The number of fused-ring (bicyclic) bond motifs is 1. The van der Waals surface area contributed by atoms with Gasteiger partial charge in [0.05, 0.1) is 28.6 Å². The van der Waals surface area contributed by atoms with Crippen LogP contribution < -0.4 is 0 Å². The van der Waals surface area contributed by atoms with Crippen molar-refractivity contribution in [1.29, 1.82) is 0 Å². The first-order valence-corrected chi connectivity index (χ1v) is 12.8. The number of carbonyl (C=O) groups is 1. The third-order valence-corrected chi connectivity index (χ3v) is 7.60. The summed E-state index contributed by atoms with van der Waals surface area (Å²) in [5.74, 6) is -0.592. The minimum Gasteiger partial charge on any atom is -0.343 e. The van der Waals surface area contributed by atoms with Crippen LogP contribution in [0.2, 0.25) is 5.02 Å². The smallest absolute Gasteiger partial charge is 0.247 e. The fourth-order valence-corrected chi connectivity index (χ4v) is 5.72. The van der Waals surface area contributed by atoms with Crippen LogP contribution >= 0.6 is 11.6 Å². The number of halogens is 3. The van der Waals surface area contributed by atoms with Gasteiger partial charge in [-0.2, -0.15) is 4.68 Å². The molecule has 6 heterocycles. The molecule has 1 amide bonds. The number of nitrogens with one attached hydrogen (secondary N) is 2. The van der Waals surface area contributed by atoms with Crippen LogP contribution in [0, 0.1) is 11.6 Å². The molecule has 1 fully saturated rings. The zero-order valence-corrected chi connectivity index (χ0v) is 21.3. The number of tetrazole rings is 1. The Morgan fingerprint density at radius 3 is 2.75 bits per heavy atom. The van der Waals surface area contributed by atoms with E-state index in [1.165, 1.54) is 35.5 Å². The lowest BCUT2D eigenvalue weighted by atomic mass is 9.92. The van der Waals surface area contributed by atoms with Crippen LogP contribution in [-0.2, 0) is 4.79 Å². The van der Waals surface area contributed by atoms with Gasteiger partial charge >= 0.3 is 0 Å². The van der Waals surface area contributed by atoms with E-state index < -0.39 is 11.6 Å². The van der Waals surface area contributed by atoms with Crippen molar-refractivity contribution in [2.24, 2.45) is 0 Å². The molecule has 1 saturated heterocycles. The van der Waals surface area contributed by atoms with Gasteiger partial charge in [0.2, 0.25) is 5.91 Å². The summed E-state index contributed by atoms with van der Waals surface area (Å²) >= 11 is 6.11. The quantitative estimate of drug-likeness (QED) is 0.327. The van der Waals surface area contributed by atoms with Crippen LogP contribution in [0.1, 0.15) is 36.7 Å². The molecule has 5 aromatic rings. The molecule has 4 aromatic heterocycles. The molecule has 0 saturated carbocycles. The van der Waals surface area contributed by atoms with Gasteiger partial charge in [0.25, 0.3) is 0 Å². The lowest BCUT2D eigenvalue weighted by molar-refractivity contribution is -0.129. The second-order valence-corrected chi connectivity index (χ2v) is 9.92. The van der Waals surface area contributed by atoms with Crippen LogP contribution in [-0.4, -0.2) is 62.0 Å². The maximum atomic E-state index is 15.3. The van der Waals surface area contributed by atoms with E-state index >= 15 is 8.78 Å². The van der Waals surface area contributed by atoms with Gasteiger partial charge in [0.15, 0.2) is 17.5 Å². The molecule has 2 aliphatic heterocycles. The molecule has 11 nitrogen and oxygen atoms in total. The Morgan fingerprint density at radius 1 is 1.05 bits per heavy atom. The first kappa shape index (κ1) is 24.3. The Balaban J connectivity index is 1.20. The van der Waals surface area contributed by atoms with E-state index in [0.29, 0.717) is 47.9 Å². The largest absolute Gasteiger partial charge is 0.343 e. The highest BCUT2D eigenvalue weighted by Gasteiger charge is 2.42. The minimum atomic E-state index is -0.638. The summed E-state index contributed by atoms with van der Waals surface area (Å²) in [5, 5.41) is 11.1. The van der Waals surface area contributed by atoms with E-state index in [0.717, 1.165) is 0 Å². The van der Waals surface area contributed by atoms with E-state index in [4.69, 9.17) is 11.6 Å². The molecule has 2 aliphatic rings. The second kappa shape index (κ2) is 9.45. The molecular weight excluding hydrogens is 542 g/mol. The number of aromatic amines is 2. The highest BCUT2D eigenvalue weighted by molar-refractivity contribution is 6.31. The highest BCUT2D eigenvalue weighted by Crippen LogP contribution is 2.44. The summed E-state index contributed by atoms with van der Waals surface area (Å²) < 4.78 is 32.0. The third-order valence-electron chi connectivity index (χ3n) is 7.31. The summed E-state index contributed by atoms with van der Waals surface area (Å²) in [6.07, 6.45) is 10.7. The Kier molecular flexibility index (Phi) is 5.73. The maximum Gasteiger partial charge on any atom is 0.247 e. The Morgan fingerprint density at radius 2 is 1.95 bits per heavy atom. The van der Waals surface area contributed by atoms with Crippen molar-refractivity contribution in [3.05, 3.63) is 83.4 Å². The Bertz CT molecular complexity index is 1770. The van der Waals surface area contributed by atoms with Crippen molar-refractivity contribution in [2.45, 2.75) is 31.3 Å². The van der Waals surface area contributed by atoms with Gasteiger partial charge < -0.3 is 14.9 Å². The van der Waals surface area contributed by atoms with E-state index in [-0.39, 0.29) is 39.8 Å². The first-order valence-electron chi connectivity index (χ1n) is 12.4. The number of amides is 1. The van der Waals surface area contributed by atoms with E-state index in [1.54, 1.807) is 29.4 Å². The fourth-order valence-electron chi connectivity index (χ4n) is 5.56. The molecule has 2 N–H and O–H groups in total. The first-order chi connectivity index (χ1) is 19.5. The monoisotopic (exact) mass is 560 g/mol. The molecule has 0 aliphatic carbocycles. The van der Waals surface area contributed by atoms with Crippen LogP contribution in [0.3, 0.4) is 0 Å². The summed E-state index contributed by atoms with van der Waals surface area (Å²) in [4.78, 5) is 34.0. The van der Waals surface area contributed by atoms with Gasteiger partial charge in [-0.3, -0.25) is 4.79 Å². The van der Waals surface area contributed by atoms with Gasteiger partial charge in [0.1, 0.15) is 17.8 Å². The van der Waals surface area contributed by atoms with Crippen LogP contribution in [0.25, 0.3) is 34.0 Å². The lowest BCUT2D eigenvalue weighted by Crippen LogP contribution is -2.39. The highest BCUT2D eigenvalue weighted by atomic mass is 35.5. The van der Waals surface area contributed by atoms with E-state index in [9.17, 15) is 4.79 Å². The van der Waals surface area contributed by atoms with Gasteiger partial charge in [-0.05, 0) is 53.5 Å². The second-order valence-electron chi connectivity index (χ2n) is 9.52. The molecule has 7 rings (SSSR count). The number of pyridine rings is 1. The number of rotatable bonds is 5. The number of H-pyrrole nitrogens is 2. The number of carbonyl (C=O) groups excluding carboxylic acids is 1. The fraction of sp³-hybridized carbons (Fsp3) is 0.192. The molecule has 0 bridgehead atoms. The van der Waals surface area contributed by atoms with Crippen molar-refractivity contribution < 1.29 is 13.6 Å². The van der Waals surface area contributed by atoms with Crippen LogP contribution in [0.15, 0.2) is 55.4 Å². The van der Waals surface area contributed by atoms with Crippen molar-refractivity contribution in [3.63, 3.8) is 0 Å². The van der Waals surface area contributed by atoms with Gasteiger partial charge in [-0.1, -0.05) is 11.6 Å². The molecule has 0 radical (unpaired) electrons. The number of nitrogens with zero attached hydrogens (tertiary/aromatic N) is 8. The van der Waals surface area contributed by atoms with E-state index in [1.807, 2.05) is 0 Å². The number of imidazole rings is 2. The lowest BCUT2D eigenvalue weighted by Gasteiger charge is -2.33. The molecule has 1 aromatic carbocycles. The molecule has 2 atom stereocenters. The van der Waals surface area contributed by atoms with Gasteiger partial charge in [0, 0.05) is 41.8 Å². The van der Waals surface area contributed by atoms with Gasteiger partial charge in [-0.15, -0.1) is 5.10 Å². The molecule has 200 valence electrons. The number of aromatic nitrogens is 9. The normalized spacial score (nSPS) is 18.7. The molecular formula is C26H19ClF2N10O. The molecule has 1 unspecified atom stereocenters. The third kappa shape index (κ3) is 3.88. The average Bonchev–Trinajstić information content (AvgIpc) is 3.77. The summed E-state index contributed by atoms with van der Waals surface area (Å²) in [6.45, 7) is 0. The summed E-state index contributed by atoms with van der Waals surface area (Å²) in [6, 6.07) is 4.07. The van der Waals surface area contributed by atoms with Crippen molar-refractivity contribution in [3.8, 4) is 28.5 Å². The van der Waals surface area contributed by atoms with Crippen molar-refractivity contribution >= 4 is 23.1 Å². The predicted molar refractivity (Wildman–Crippen MR) is 139 cm³/mol. The zero-order chi connectivity index (χ0) is 27.4. The standard InChI is InChI=1S/C26H19ClF2N10O/c27-16-2-4-18(38-12-34-36-37-38)21(23(16)29)13-9-14-1-3-19(39(14)20(40)10-13)25-33-11-17(35-25)15-5-6-30-24(22(15)28)26-31-7-8-32-26/h2,4-8,10-12,14,19H,1,3,9H2,(H,31,32)(H,33,35)/t14?,19-/m0/s1. The molecule has 0 spiro atoms. The maximum absolute atomic E-state index is 15.3. The number of hydrogen-bond acceptors (Lipinski definition) is 7. The van der Waals surface area contributed by atoms with Gasteiger partial charge in [-0.25, -0.2) is 23.7 Å².